The second-order valence-electron chi connectivity index (χ2n) is 6.49. The van der Waals surface area contributed by atoms with Crippen molar-refractivity contribution in [3.05, 3.63) is 29.6 Å². The van der Waals surface area contributed by atoms with E-state index < -0.39 is 0 Å². The van der Waals surface area contributed by atoms with Crippen molar-refractivity contribution in [2.75, 3.05) is 26.2 Å². The Morgan fingerprint density at radius 3 is 3.17 bits per heavy atom. The van der Waals surface area contributed by atoms with Crippen molar-refractivity contribution in [1.82, 2.24) is 20.2 Å². The summed E-state index contributed by atoms with van der Waals surface area (Å²) in [5, 5.41) is 2.87. The number of likely N-dealkylation sites (tertiary alicyclic amines) is 1. The zero-order valence-electron chi connectivity index (χ0n) is 14.1. The summed E-state index contributed by atoms with van der Waals surface area (Å²) < 4.78 is 0. The first kappa shape index (κ1) is 16.0. The van der Waals surface area contributed by atoms with Crippen molar-refractivity contribution in [2.24, 2.45) is 0 Å². The molecule has 1 aliphatic rings. The average Bonchev–Trinajstić information content (AvgIpc) is 2.96. The number of amides is 1. The maximum absolute atomic E-state index is 11.6. The fourth-order valence-electron chi connectivity index (χ4n) is 3.36. The summed E-state index contributed by atoms with van der Waals surface area (Å²) in [5.74, 6) is 1.67. The number of rotatable bonds is 5. The molecule has 5 nitrogen and oxygen atoms in total. The predicted octanol–water partition coefficient (Wildman–Crippen LogP) is 2.58. The second-order valence-corrected chi connectivity index (χ2v) is 6.49. The van der Waals surface area contributed by atoms with Gasteiger partial charge in [-0.05, 0) is 50.9 Å². The molecule has 0 radical (unpaired) electrons. The summed E-state index contributed by atoms with van der Waals surface area (Å²) in [4.78, 5) is 22.3. The van der Waals surface area contributed by atoms with Gasteiger partial charge >= 0.3 is 0 Å². The molecule has 1 saturated heterocycles. The van der Waals surface area contributed by atoms with E-state index in [9.17, 15) is 4.79 Å². The monoisotopic (exact) mass is 314 g/mol. The lowest BCUT2D eigenvalue weighted by atomic mass is 9.97. The molecule has 0 aliphatic carbocycles. The lowest BCUT2D eigenvalue weighted by molar-refractivity contribution is -0.121. The number of benzene rings is 1. The first-order valence-corrected chi connectivity index (χ1v) is 8.61. The SMILES string of the molecule is CCNC(=O)CCN1CCC[C@@H](c2nc3ccc(C)cc3[nH]2)C1. The van der Waals surface area contributed by atoms with E-state index in [4.69, 9.17) is 4.98 Å². The van der Waals surface area contributed by atoms with Crippen molar-refractivity contribution >= 4 is 16.9 Å². The van der Waals surface area contributed by atoms with Gasteiger partial charge in [0.2, 0.25) is 5.91 Å². The minimum Gasteiger partial charge on any atom is -0.356 e. The normalized spacial score (nSPS) is 19.1. The number of piperidine rings is 1. The summed E-state index contributed by atoms with van der Waals surface area (Å²) in [6.45, 7) is 7.66. The number of hydrogen-bond acceptors (Lipinski definition) is 3. The fourth-order valence-corrected chi connectivity index (χ4v) is 3.36. The summed E-state index contributed by atoms with van der Waals surface area (Å²) in [5.41, 5.74) is 3.42. The van der Waals surface area contributed by atoms with Crippen LogP contribution in [0, 0.1) is 6.92 Å². The van der Waals surface area contributed by atoms with Gasteiger partial charge in [0, 0.05) is 32.0 Å². The van der Waals surface area contributed by atoms with E-state index in [1.54, 1.807) is 0 Å². The van der Waals surface area contributed by atoms with Crippen molar-refractivity contribution < 1.29 is 4.79 Å². The third-order valence-corrected chi connectivity index (χ3v) is 4.58. The number of nitrogens with zero attached hydrogens (tertiary/aromatic N) is 2. The number of nitrogens with one attached hydrogen (secondary N) is 2. The van der Waals surface area contributed by atoms with Gasteiger partial charge in [-0.25, -0.2) is 4.98 Å². The average molecular weight is 314 g/mol. The van der Waals surface area contributed by atoms with Crippen molar-refractivity contribution in [1.29, 1.82) is 0 Å². The van der Waals surface area contributed by atoms with Crippen LogP contribution >= 0.6 is 0 Å². The molecule has 1 aromatic carbocycles. The molecule has 0 saturated carbocycles. The van der Waals surface area contributed by atoms with Gasteiger partial charge in [0.25, 0.3) is 0 Å². The smallest absolute Gasteiger partial charge is 0.221 e. The highest BCUT2D eigenvalue weighted by molar-refractivity contribution is 5.76. The van der Waals surface area contributed by atoms with E-state index in [2.05, 4.69) is 40.3 Å². The molecule has 0 spiro atoms. The Kier molecular flexibility index (Phi) is 4.96. The van der Waals surface area contributed by atoms with Crippen molar-refractivity contribution in [2.45, 2.75) is 39.0 Å². The van der Waals surface area contributed by atoms with Crippen molar-refractivity contribution in [3.63, 3.8) is 0 Å². The van der Waals surface area contributed by atoms with E-state index in [0.29, 0.717) is 18.9 Å². The highest BCUT2D eigenvalue weighted by Crippen LogP contribution is 2.27. The summed E-state index contributed by atoms with van der Waals surface area (Å²) in [6, 6.07) is 6.34. The van der Waals surface area contributed by atoms with Gasteiger partial charge in [0.05, 0.1) is 11.0 Å². The number of carbonyl (C=O) groups is 1. The number of carbonyl (C=O) groups excluding carboxylic acids is 1. The van der Waals surface area contributed by atoms with Gasteiger partial charge in [0.1, 0.15) is 5.82 Å². The van der Waals surface area contributed by atoms with E-state index in [0.717, 1.165) is 49.3 Å². The lowest BCUT2D eigenvalue weighted by Crippen LogP contribution is -2.37. The molecule has 1 fully saturated rings. The summed E-state index contributed by atoms with van der Waals surface area (Å²) in [7, 11) is 0. The molecule has 2 heterocycles. The molecule has 1 amide bonds. The third kappa shape index (κ3) is 3.91. The van der Waals surface area contributed by atoms with E-state index in [1.807, 2.05) is 6.92 Å². The van der Waals surface area contributed by atoms with Gasteiger partial charge in [0.15, 0.2) is 0 Å². The van der Waals surface area contributed by atoms with Crippen LogP contribution in [0.4, 0.5) is 0 Å². The number of fused-ring (bicyclic) bond motifs is 1. The van der Waals surface area contributed by atoms with E-state index >= 15 is 0 Å². The van der Waals surface area contributed by atoms with Crippen LogP contribution in [0.25, 0.3) is 11.0 Å². The third-order valence-electron chi connectivity index (χ3n) is 4.58. The molecule has 124 valence electrons. The zero-order chi connectivity index (χ0) is 16.2. The molecule has 5 heteroatoms. The summed E-state index contributed by atoms with van der Waals surface area (Å²) in [6.07, 6.45) is 2.91. The van der Waals surface area contributed by atoms with Crippen LogP contribution in [0.5, 0.6) is 0 Å². The first-order chi connectivity index (χ1) is 11.2. The molecule has 1 aliphatic heterocycles. The molecule has 0 bridgehead atoms. The minimum atomic E-state index is 0.147. The Hall–Kier alpha value is -1.88. The Morgan fingerprint density at radius 1 is 1.48 bits per heavy atom. The van der Waals surface area contributed by atoms with Crippen LogP contribution in [0.2, 0.25) is 0 Å². The summed E-state index contributed by atoms with van der Waals surface area (Å²) >= 11 is 0. The molecule has 3 rings (SSSR count). The van der Waals surface area contributed by atoms with Gasteiger partial charge in [-0.1, -0.05) is 6.07 Å². The van der Waals surface area contributed by atoms with Gasteiger partial charge in [-0.15, -0.1) is 0 Å². The zero-order valence-corrected chi connectivity index (χ0v) is 14.1. The predicted molar refractivity (Wildman–Crippen MR) is 92.5 cm³/mol. The largest absolute Gasteiger partial charge is 0.356 e. The molecule has 0 unspecified atom stereocenters. The standard InChI is InChI=1S/C18H26N4O/c1-3-19-17(23)8-10-22-9-4-5-14(12-22)18-20-15-7-6-13(2)11-16(15)21-18/h6-7,11,14H,3-5,8-10,12H2,1-2H3,(H,19,23)(H,20,21)/t14-/m1/s1. The molecule has 23 heavy (non-hydrogen) atoms. The van der Waals surface area contributed by atoms with E-state index in [-0.39, 0.29) is 5.91 Å². The van der Waals surface area contributed by atoms with Crippen LogP contribution < -0.4 is 5.32 Å². The maximum atomic E-state index is 11.6. The molecule has 1 aromatic heterocycles. The minimum absolute atomic E-state index is 0.147. The number of hydrogen-bond donors (Lipinski definition) is 2. The highest BCUT2D eigenvalue weighted by atomic mass is 16.1. The quantitative estimate of drug-likeness (QED) is 0.892. The van der Waals surface area contributed by atoms with Gasteiger partial charge in [-0.2, -0.15) is 0 Å². The topological polar surface area (TPSA) is 61.0 Å². The Labute approximate surface area is 137 Å². The van der Waals surface area contributed by atoms with E-state index in [1.165, 1.54) is 5.56 Å². The molecule has 2 aromatic rings. The van der Waals surface area contributed by atoms with Crippen LogP contribution in [0.1, 0.15) is 43.5 Å². The highest BCUT2D eigenvalue weighted by Gasteiger charge is 2.24. The van der Waals surface area contributed by atoms with Crippen molar-refractivity contribution in [3.8, 4) is 0 Å². The van der Waals surface area contributed by atoms with Gasteiger partial charge in [-0.3, -0.25) is 4.79 Å². The molecular weight excluding hydrogens is 288 g/mol. The number of aromatic nitrogens is 2. The molecule has 1 atom stereocenters. The maximum Gasteiger partial charge on any atom is 0.221 e. The number of aryl methyl sites for hydroxylation is 1. The molecular formula is C18H26N4O. The second kappa shape index (κ2) is 7.13. The molecule has 2 N–H and O–H groups in total. The Balaban J connectivity index is 1.64. The fraction of sp³-hybridized carbons (Fsp3) is 0.556. The van der Waals surface area contributed by atoms with Gasteiger partial charge < -0.3 is 15.2 Å². The van der Waals surface area contributed by atoms with Crippen LogP contribution in [-0.4, -0.2) is 47.0 Å². The number of imidazole rings is 1. The van der Waals surface area contributed by atoms with Crippen LogP contribution in [-0.2, 0) is 4.79 Å². The first-order valence-electron chi connectivity index (χ1n) is 8.61. The van der Waals surface area contributed by atoms with Crippen LogP contribution in [0.3, 0.4) is 0 Å². The number of H-pyrrole nitrogens is 1. The Bertz CT molecular complexity index is 679. The Morgan fingerprint density at radius 2 is 2.35 bits per heavy atom. The lowest BCUT2D eigenvalue weighted by Gasteiger charge is -2.31. The van der Waals surface area contributed by atoms with Crippen LogP contribution in [0.15, 0.2) is 18.2 Å². The number of aromatic amines is 1.